The summed E-state index contributed by atoms with van der Waals surface area (Å²) in [7, 11) is -3.79. The highest BCUT2D eigenvalue weighted by Gasteiger charge is 2.23. The molecule has 1 N–H and O–H groups in total. The van der Waals surface area contributed by atoms with Crippen molar-refractivity contribution in [1.29, 1.82) is 5.26 Å². The van der Waals surface area contributed by atoms with Gasteiger partial charge in [0.1, 0.15) is 23.1 Å². The van der Waals surface area contributed by atoms with E-state index in [1.807, 2.05) is 10.8 Å². The molecular weight excluding hydrogens is 476 g/mol. The fraction of sp³-hybridized carbons (Fsp3) is 0.200. The van der Waals surface area contributed by atoms with Gasteiger partial charge < -0.3 is 9.64 Å². The molecule has 2 aromatic heterocycles. The Morgan fingerprint density at radius 2 is 2.09 bits per heavy atom. The second kappa shape index (κ2) is 9.77. The van der Waals surface area contributed by atoms with Crippen LogP contribution in [0, 0.1) is 30.4 Å². The van der Waals surface area contributed by atoms with Crippen molar-refractivity contribution in [3.63, 3.8) is 0 Å². The number of nitrogens with zero attached hydrogens (tertiary/aromatic N) is 4. The molecule has 0 saturated carbocycles. The summed E-state index contributed by atoms with van der Waals surface area (Å²) in [6, 6.07) is 13.4. The van der Waals surface area contributed by atoms with Crippen molar-refractivity contribution in [2.75, 3.05) is 11.2 Å². The van der Waals surface area contributed by atoms with Crippen molar-refractivity contribution in [2.24, 2.45) is 0 Å². The highest BCUT2D eigenvalue weighted by molar-refractivity contribution is 7.89. The molecule has 3 aromatic rings. The van der Waals surface area contributed by atoms with Gasteiger partial charge in [0.2, 0.25) is 10.0 Å². The summed E-state index contributed by atoms with van der Waals surface area (Å²) in [5.74, 6) is -0.983. The molecule has 0 aliphatic rings. The molecule has 0 aliphatic heterocycles. The van der Waals surface area contributed by atoms with Crippen LogP contribution in [0.15, 0.2) is 30.5 Å². The standard InChI is InChI=1S/C20H15F2N5O4S2/c1-12-17(18(28)26-33(2,29)30)25-20(32-12)27(15-6-3-13(9-23)4-7-15)11-14-5-8-16(10-24-14)31-19(21)22/h3,5-6,8,10,19H,11H2,1-2H3,(H,26,28). The average Bonchev–Trinajstić information content (AvgIpc) is 3.13. The number of amides is 1. The van der Waals surface area contributed by atoms with Crippen LogP contribution in [0.3, 0.4) is 0 Å². The largest absolute Gasteiger partial charge is 0.433 e. The quantitative estimate of drug-likeness (QED) is 0.510. The molecule has 9 nitrogen and oxygen atoms in total. The lowest BCUT2D eigenvalue weighted by atomic mass is 10.2. The van der Waals surface area contributed by atoms with E-state index in [1.165, 1.54) is 18.2 Å². The van der Waals surface area contributed by atoms with Gasteiger partial charge in [0.25, 0.3) is 5.91 Å². The third kappa shape index (κ3) is 6.35. The number of hydrogen-bond donors (Lipinski definition) is 1. The number of alkyl halides is 2. The predicted octanol–water partition coefficient (Wildman–Crippen LogP) is 2.95. The van der Waals surface area contributed by atoms with Gasteiger partial charge in [-0.2, -0.15) is 14.0 Å². The smallest absolute Gasteiger partial charge is 0.387 e. The first-order chi connectivity index (χ1) is 15.6. The van der Waals surface area contributed by atoms with Crippen LogP contribution < -0.4 is 14.4 Å². The first-order valence-electron chi connectivity index (χ1n) is 9.06. The molecule has 0 saturated heterocycles. The van der Waals surface area contributed by atoms with Gasteiger partial charge in [0, 0.05) is 4.88 Å². The van der Waals surface area contributed by atoms with Crippen molar-refractivity contribution in [2.45, 2.75) is 20.1 Å². The highest BCUT2D eigenvalue weighted by Crippen LogP contribution is 2.32. The second-order valence-corrected chi connectivity index (χ2v) is 9.48. The molecule has 1 amide bonds. The molecule has 0 fully saturated rings. The summed E-state index contributed by atoms with van der Waals surface area (Å²) in [5.41, 5.74) is 1.07. The Bertz CT molecular complexity index is 1290. The summed E-state index contributed by atoms with van der Waals surface area (Å²) >= 11 is 1.12. The zero-order chi connectivity index (χ0) is 24.2. The van der Waals surface area contributed by atoms with Crippen LogP contribution in [-0.2, 0) is 16.6 Å². The van der Waals surface area contributed by atoms with Crippen molar-refractivity contribution in [1.82, 2.24) is 14.7 Å². The summed E-state index contributed by atoms with van der Waals surface area (Å²) in [6.45, 7) is -1.28. The average molecular weight is 492 g/mol. The van der Waals surface area contributed by atoms with E-state index in [2.05, 4.69) is 26.8 Å². The van der Waals surface area contributed by atoms with Crippen LogP contribution in [-0.4, -0.2) is 37.2 Å². The zero-order valence-corrected chi connectivity index (χ0v) is 18.8. The second-order valence-electron chi connectivity index (χ2n) is 6.55. The Labute approximate surface area is 192 Å². The lowest BCUT2D eigenvalue weighted by Gasteiger charge is -2.20. The summed E-state index contributed by atoms with van der Waals surface area (Å²) in [4.78, 5) is 22.8. The van der Waals surface area contributed by atoms with Gasteiger partial charge >= 0.3 is 6.61 Å². The van der Waals surface area contributed by atoms with E-state index in [0.717, 1.165) is 23.8 Å². The number of aromatic nitrogens is 2. The minimum absolute atomic E-state index is 0.0725. The molecule has 33 heavy (non-hydrogen) atoms. The number of hydrogen-bond acceptors (Lipinski definition) is 9. The van der Waals surface area contributed by atoms with Gasteiger partial charge in [0.05, 0.1) is 30.4 Å². The van der Waals surface area contributed by atoms with E-state index in [4.69, 9.17) is 5.26 Å². The van der Waals surface area contributed by atoms with Crippen LogP contribution in [0.25, 0.3) is 0 Å². The number of aryl methyl sites for hydroxylation is 1. The molecule has 1 aromatic carbocycles. The van der Waals surface area contributed by atoms with Gasteiger partial charge in [-0.25, -0.2) is 18.1 Å². The highest BCUT2D eigenvalue weighted by atomic mass is 32.2. The van der Waals surface area contributed by atoms with Crippen molar-refractivity contribution >= 4 is 38.1 Å². The summed E-state index contributed by atoms with van der Waals surface area (Å²) in [6.07, 6.45) is 2.00. The zero-order valence-electron chi connectivity index (χ0n) is 17.2. The molecule has 0 atom stereocenters. The fourth-order valence-electron chi connectivity index (χ4n) is 2.62. The number of ether oxygens (including phenoxy) is 1. The van der Waals surface area contributed by atoms with Crippen LogP contribution >= 0.6 is 11.3 Å². The molecule has 0 radical (unpaired) electrons. The van der Waals surface area contributed by atoms with Gasteiger partial charge in [-0.05, 0) is 43.3 Å². The third-order valence-corrected chi connectivity index (χ3v) is 5.55. The minimum atomic E-state index is -3.79. The molecule has 0 aliphatic carbocycles. The Morgan fingerprint density at radius 1 is 1.33 bits per heavy atom. The number of carbonyl (C=O) groups excluding carboxylic acids is 1. The van der Waals surface area contributed by atoms with E-state index in [0.29, 0.717) is 21.4 Å². The summed E-state index contributed by atoms with van der Waals surface area (Å²) in [5, 5.41) is 9.32. The Hall–Kier alpha value is -3.81. The molecule has 0 unspecified atom stereocenters. The maximum Gasteiger partial charge on any atom is 0.387 e. The Kier molecular flexibility index (Phi) is 7.06. The maximum atomic E-state index is 12.4. The van der Waals surface area contributed by atoms with Crippen molar-refractivity contribution in [3.05, 3.63) is 64.4 Å². The molecule has 170 valence electrons. The van der Waals surface area contributed by atoms with E-state index in [9.17, 15) is 22.0 Å². The molecule has 13 heteroatoms. The third-order valence-electron chi connectivity index (χ3n) is 4.00. The van der Waals surface area contributed by atoms with Crippen LogP contribution in [0.2, 0.25) is 0 Å². The molecule has 0 spiro atoms. The van der Waals surface area contributed by atoms with E-state index >= 15 is 0 Å². The molecule has 2 heterocycles. The Balaban J connectivity index is 1.96. The molecule has 0 bridgehead atoms. The van der Waals surface area contributed by atoms with Crippen molar-refractivity contribution in [3.8, 4) is 11.8 Å². The summed E-state index contributed by atoms with van der Waals surface area (Å²) < 4.78 is 53.8. The normalized spacial score (nSPS) is 10.9. The fourth-order valence-corrected chi connectivity index (χ4v) is 3.97. The minimum Gasteiger partial charge on any atom is -0.433 e. The SMILES string of the molecule is Cc1sc(N(Cc2ccc(OC(F)F)cn2)c2c#cc(C#N)cc2)nc1C(=O)NS(C)(=O)=O. The number of halogens is 2. The molecular formula is C20H15F2N5O4S2. The number of thiazole rings is 1. The van der Waals surface area contributed by atoms with Crippen LogP contribution in [0.5, 0.6) is 5.75 Å². The van der Waals surface area contributed by atoms with Gasteiger partial charge in [-0.15, -0.1) is 11.3 Å². The Morgan fingerprint density at radius 3 is 2.64 bits per heavy atom. The lowest BCUT2D eigenvalue weighted by molar-refractivity contribution is -0.0501. The van der Waals surface area contributed by atoms with Crippen molar-refractivity contribution < 1.29 is 26.7 Å². The number of nitriles is 1. The van der Waals surface area contributed by atoms with Crippen LogP contribution in [0.1, 0.15) is 26.6 Å². The number of anilines is 2. The maximum absolute atomic E-state index is 12.4. The van der Waals surface area contributed by atoms with Gasteiger partial charge in [-0.3, -0.25) is 9.78 Å². The predicted molar refractivity (Wildman–Crippen MR) is 115 cm³/mol. The number of nitrogens with one attached hydrogen (secondary N) is 1. The monoisotopic (exact) mass is 491 g/mol. The first kappa shape index (κ1) is 23.8. The van der Waals surface area contributed by atoms with E-state index < -0.39 is 22.5 Å². The number of sulfonamides is 1. The lowest BCUT2D eigenvalue weighted by Crippen LogP contribution is -2.30. The number of rotatable bonds is 8. The molecule has 3 rings (SSSR count). The van der Waals surface area contributed by atoms with Crippen LogP contribution in [0.4, 0.5) is 19.6 Å². The van der Waals surface area contributed by atoms with E-state index in [-0.39, 0.29) is 23.6 Å². The van der Waals surface area contributed by atoms with Gasteiger partial charge in [-0.1, -0.05) is 0 Å². The van der Waals surface area contributed by atoms with Gasteiger partial charge in [0.15, 0.2) is 5.13 Å². The number of pyridine rings is 1. The first-order valence-corrected chi connectivity index (χ1v) is 11.8. The topological polar surface area (TPSA) is 125 Å². The number of carbonyl (C=O) groups is 1. The van der Waals surface area contributed by atoms with E-state index in [1.54, 1.807) is 17.9 Å².